The van der Waals surface area contributed by atoms with E-state index in [0.29, 0.717) is 33.3 Å². The molecule has 0 aliphatic carbocycles. The Balaban J connectivity index is 1.90. The molecule has 168 valence electrons. The summed E-state index contributed by atoms with van der Waals surface area (Å²) in [5.74, 6) is 0.720. The molecule has 2 heterocycles. The maximum Gasteiger partial charge on any atom is 0.293 e. The number of hydrogen-bond acceptors (Lipinski definition) is 9. The van der Waals surface area contributed by atoms with Gasteiger partial charge in [0.05, 0.1) is 18.8 Å². The van der Waals surface area contributed by atoms with Gasteiger partial charge in [-0.1, -0.05) is 11.6 Å². The number of rotatable bonds is 7. The lowest BCUT2D eigenvalue weighted by atomic mass is 10.2. The van der Waals surface area contributed by atoms with Gasteiger partial charge in [0.25, 0.3) is 11.5 Å². The highest BCUT2D eigenvalue weighted by Crippen LogP contribution is 2.27. The molecule has 0 aliphatic heterocycles. The first-order chi connectivity index (χ1) is 15.3. The van der Waals surface area contributed by atoms with Gasteiger partial charge in [-0.2, -0.15) is 4.98 Å². The molecule has 2 aromatic heterocycles. The van der Waals surface area contributed by atoms with Crippen LogP contribution in [0.1, 0.15) is 6.92 Å². The lowest BCUT2D eigenvalue weighted by Crippen LogP contribution is -2.27. The Hall–Kier alpha value is -3.86. The summed E-state index contributed by atoms with van der Waals surface area (Å²) in [4.78, 5) is 32.3. The van der Waals surface area contributed by atoms with Crippen molar-refractivity contribution in [3.05, 3.63) is 45.8 Å². The lowest BCUT2D eigenvalue weighted by molar-refractivity contribution is -0.122. The van der Waals surface area contributed by atoms with Gasteiger partial charge in [0.1, 0.15) is 5.02 Å². The van der Waals surface area contributed by atoms with Gasteiger partial charge in [-0.3, -0.25) is 9.59 Å². The van der Waals surface area contributed by atoms with E-state index in [1.807, 2.05) is 0 Å². The number of carbonyl (C=O) groups excluding carboxylic acids is 1. The first kappa shape index (κ1) is 22.8. The van der Waals surface area contributed by atoms with Crippen LogP contribution in [0.2, 0.25) is 5.02 Å². The predicted molar refractivity (Wildman–Crippen MR) is 123 cm³/mol. The number of anilines is 3. The zero-order valence-electron chi connectivity index (χ0n) is 17.9. The Bertz CT molecular complexity index is 1240. The van der Waals surface area contributed by atoms with Gasteiger partial charge in [-0.15, -0.1) is 5.10 Å². The van der Waals surface area contributed by atoms with Gasteiger partial charge >= 0.3 is 0 Å². The molecule has 0 fully saturated rings. The Labute approximate surface area is 188 Å². The summed E-state index contributed by atoms with van der Waals surface area (Å²) in [5, 5.41) is 10.6. The highest BCUT2D eigenvalue weighted by Gasteiger charge is 2.11. The standard InChI is InChI=1S/C20H22ClN7O4/c1-11(31-4)26-27-20-23-9-14(21)18(25-20)24-13-5-6-15-12(7-13)8-16(19(30)28(15)3)32-10-17(29)22-2/h5-9H,10H2,1-4H3,(H,22,29)(H2,23,24,25,27)/b26-11+. The third-order valence-corrected chi connectivity index (χ3v) is 4.72. The van der Waals surface area contributed by atoms with Crippen LogP contribution in [0, 0.1) is 0 Å². The number of halogens is 1. The van der Waals surface area contributed by atoms with Crippen LogP contribution in [0.25, 0.3) is 10.9 Å². The fraction of sp³-hybridized carbons (Fsp3) is 0.250. The molecular formula is C20H22ClN7O4. The van der Waals surface area contributed by atoms with Crippen LogP contribution in [-0.2, 0) is 16.6 Å². The maximum absolute atomic E-state index is 12.5. The number of likely N-dealkylation sites (N-methyl/N-ethyl adjacent to an activating group) is 1. The Morgan fingerprint density at radius 1 is 1.31 bits per heavy atom. The van der Waals surface area contributed by atoms with Crippen molar-refractivity contribution < 1.29 is 14.3 Å². The fourth-order valence-corrected chi connectivity index (χ4v) is 2.81. The molecule has 3 aromatic rings. The Morgan fingerprint density at radius 3 is 2.81 bits per heavy atom. The topological polar surface area (TPSA) is 132 Å². The number of benzene rings is 1. The van der Waals surface area contributed by atoms with E-state index in [2.05, 4.69) is 31.1 Å². The summed E-state index contributed by atoms with van der Waals surface area (Å²) in [6, 6.07) is 6.95. The summed E-state index contributed by atoms with van der Waals surface area (Å²) in [6.45, 7) is 1.42. The van der Waals surface area contributed by atoms with Crippen molar-refractivity contribution in [2.75, 3.05) is 31.5 Å². The van der Waals surface area contributed by atoms with Crippen LogP contribution in [0.3, 0.4) is 0 Å². The summed E-state index contributed by atoms with van der Waals surface area (Å²) in [7, 11) is 4.62. The van der Waals surface area contributed by atoms with Gasteiger partial charge < -0.3 is 24.7 Å². The van der Waals surface area contributed by atoms with E-state index in [0.717, 1.165) is 0 Å². The van der Waals surface area contributed by atoms with Gasteiger partial charge in [0, 0.05) is 32.1 Å². The van der Waals surface area contributed by atoms with Crippen molar-refractivity contribution in [3.8, 4) is 5.75 Å². The van der Waals surface area contributed by atoms with Crippen molar-refractivity contribution in [1.82, 2.24) is 19.9 Å². The number of fused-ring (bicyclic) bond motifs is 1. The van der Waals surface area contributed by atoms with Crippen LogP contribution < -0.4 is 26.4 Å². The lowest BCUT2D eigenvalue weighted by Gasteiger charge is -2.12. The van der Waals surface area contributed by atoms with E-state index in [1.54, 1.807) is 38.2 Å². The van der Waals surface area contributed by atoms with Gasteiger partial charge in [-0.25, -0.2) is 10.4 Å². The molecule has 0 saturated carbocycles. The van der Waals surface area contributed by atoms with E-state index in [4.69, 9.17) is 21.1 Å². The molecule has 0 bridgehead atoms. The third-order valence-electron chi connectivity index (χ3n) is 4.44. The van der Waals surface area contributed by atoms with Crippen LogP contribution >= 0.6 is 11.6 Å². The van der Waals surface area contributed by atoms with E-state index < -0.39 is 0 Å². The van der Waals surface area contributed by atoms with E-state index >= 15 is 0 Å². The van der Waals surface area contributed by atoms with Gasteiger partial charge in [0.2, 0.25) is 11.8 Å². The van der Waals surface area contributed by atoms with Crippen molar-refractivity contribution in [3.63, 3.8) is 0 Å². The molecule has 12 heteroatoms. The van der Waals surface area contributed by atoms with Gasteiger partial charge in [0.15, 0.2) is 18.2 Å². The number of amides is 1. The van der Waals surface area contributed by atoms with Gasteiger partial charge in [-0.05, 0) is 24.3 Å². The molecule has 0 spiro atoms. The first-order valence-corrected chi connectivity index (χ1v) is 9.81. The zero-order chi connectivity index (χ0) is 23.3. The summed E-state index contributed by atoms with van der Waals surface area (Å²) in [5.41, 5.74) is 3.69. The monoisotopic (exact) mass is 459 g/mol. The minimum absolute atomic E-state index is 0.0682. The molecule has 3 N–H and O–H groups in total. The van der Waals surface area contributed by atoms with Crippen molar-refractivity contribution in [1.29, 1.82) is 0 Å². The maximum atomic E-state index is 12.5. The number of hydrazone groups is 1. The summed E-state index contributed by atoms with van der Waals surface area (Å²) in [6.07, 6.45) is 1.44. The van der Waals surface area contributed by atoms with Crippen molar-refractivity contribution in [2.24, 2.45) is 12.1 Å². The smallest absolute Gasteiger partial charge is 0.293 e. The normalized spacial score (nSPS) is 11.2. The minimum atomic E-state index is -0.344. The van der Waals surface area contributed by atoms with Crippen LogP contribution in [0.15, 0.2) is 40.4 Å². The van der Waals surface area contributed by atoms with E-state index in [1.165, 1.54) is 24.9 Å². The average Bonchev–Trinajstić information content (AvgIpc) is 2.80. The number of hydrogen-bond donors (Lipinski definition) is 3. The highest BCUT2D eigenvalue weighted by molar-refractivity contribution is 6.32. The minimum Gasteiger partial charge on any atom is -0.483 e. The molecule has 32 heavy (non-hydrogen) atoms. The molecule has 1 amide bonds. The second-order valence-corrected chi connectivity index (χ2v) is 6.98. The SMILES string of the molecule is CNC(=O)COc1cc2cc(Nc3nc(N/N=C(\C)OC)ncc3Cl)ccc2n(C)c1=O. The van der Waals surface area contributed by atoms with E-state index in [-0.39, 0.29) is 29.8 Å². The molecule has 11 nitrogen and oxygen atoms in total. The average molecular weight is 460 g/mol. The second kappa shape index (κ2) is 9.96. The van der Waals surface area contributed by atoms with Crippen LogP contribution in [0.5, 0.6) is 5.75 Å². The number of pyridine rings is 1. The number of nitrogens with one attached hydrogen (secondary N) is 3. The van der Waals surface area contributed by atoms with Crippen LogP contribution in [-0.4, -0.2) is 47.1 Å². The number of nitrogens with zero attached hydrogens (tertiary/aromatic N) is 4. The number of carbonyl (C=O) groups is 1. The quantitative estimate of drug-likeness (QED) is 0.278. The third kappa shape index (κ3) is 5.24. The fourth-order valence-electron chi connectivity index (χ4n) is 2.67. The van der Waals surface area contributed by atoms with Crippen molar-refractivity contribution >= 4 is 51.8 Å². The van der Waals surface area contributed by atoms with Crippen LogP contribution in [0.4, 0.5) is 17.5 Å². The molecule has 0 saturated heterocycles. The Morgan fingerprint density at radius 2 is 2.09 bits per heavy atom. The number of methoxy groups -OCH3 is 1. The first-order valence-electron chi connectivity index (χ1n) is 9.43. The molecule has 0 radical (unpaired) electrons. The molecule has 0 unspecified atom stereocenters. The molecule has 0 aliphatic rings. The van der Waals surface area contributed by atoms with Crippen molar-refractivity contribution in [2.45, 2.75) is 6.92 Å². The largest absolute Gasteiger partial charge is 0.483 e. The summed E-state index contributed by atoms with van der Waals surface area (Å²) < 4.78 is 11.8. The molecular weight excluding hydrogens is 438 g/mol. The molecule has 3 rings (SSSR count). The number of aromatic nitrogens is 3. The number of ether oxygens (including phenoxy) is 2. The predicted octanol–water partition coefficient (Wildman–Crippen LogP) is 2.24. The summed E-state index contributed by atoms with van der Waals surface area (Å²) >= 11 is 6.23. The number of aryl methyl sites for hydroxylation is 1. The Kier molecular flexibility index (Phi) is 7.11. The van der Waals surface area contributed by atoms with E-state index in [9.17, 15) is 9.59 Å². The molecule has 1 aromatic carbocycles. The molecule has 0 atom stereocenters. The second-order valence-electron chi connectivity index (χ2n) is 6.57. The zero-order valence-corrected chi connectivity index (χ0v) is 18.6. The highest BCUT2D eigenvalue weighted by atomic mass is 35.5.